The van der Waals surface area contributed by atoms with Gasteiger partial charge in [0.2, 0.25) is 0 Å². The van der Waals surface area contributed by atoms with Crippen LogP contribution in [0.1, 0.15) is 26.1 Å². The van der Waals surface area contributed by atoms with Gasteiger partial charge in [-0.25, -0.2) is 14.8 Å². The number of hydrogen-bond donors (Lipinski definition) is 2. The van der Waals surface area contributed by atoms with Crippen LogP contribution in [0.4, 0.5) is 4.79 Å². The highest BCUT2D eigenvalue weighted by atomic mass is 79.9. The Labute approximate surface area is 102 Å². The van der Waals surface area contributed by atoms with Crippen LogP contribution in [0.15, 0.2) is 16.9 Å². The smallest absolute Gasteiger partial charge is 0.405 e. The maximum Gasteiger partial charge on any atom is 0.405 e. The number of carbonyl (C=O) groups is 1. The molecule has 0 aromatic carbocycles. The second-order valence-electron chi connectivity index (χ2n) is 4.13. The number of hydrogen-bond acceptors (Lipinski definition) is 3. The maximum atomic E-state index is 10.5. The van der Waals surface area contributed by atoms with Crippen molar-refractivity contribution in [3.63, 3.8) is 0 Å². The molecule has 0 aliphatic rings. The largest absolute Gasteiger partial charge is 0.465 e. The van der Waals surface area contributed by atoms with Gasteiger partial charge in [-0.1, -0.05) is 0 Å². The number of amides is 1. The van der Waals surface area contributed by atoms with Crippen molar-refractivity contribution < 1.29 is 9.90 Å². The van der Waals surface area contributed by atoms with Gasteiger partial charge >= 0.3 is 6.09 Å². The molecule has 0 atom stereocenters. The number of nitrogens with one attached hydrogen (secondary N) is 1. The summed E-state index contributed by atoms with van der Waals surface area (Å²) in [6.45, 7) is 3.67. The molecule has 1 rings (SSSR count). The minimum absolute atomic E-state index is 0.470. The van der Waals surface area contributed by atoms with E-state index in [0.717, 1.165) is 4.47 Å². The van der Waals surface area contributed by atoms with Gasteiger partial charge in [0.1, 0.15) is 5.82 Å². The van der Waals surface area contributed by atoms with Crippen LogP contribution in [-0.4, -0.2) is 26.7 Å². The third-order valence-electron chi connectivity index (χ3n) is 2.09. The Balaban J connectivity index is 2.50. The summed E-state index contributed by atoms with van der Waals surface area (Å²) in [4.78, 5) is 18.8. The van der Waals surface area contributed by atoms with Crippen LogP contribution in [0.2, 0.25) is 0 Å². The summed E-state index contributed by atoms with van der Waals surface area (Å²) in [5.74, 6) is 0.712. The third kappa shape index (κ3) is 4.57. The van der Waals surface area contributed by atoms with Gasteiger partial charge in [0.05, 0.1) is 4.47 Å². The van der Waals surface area contributed by atoms with Crippen molar-refractivity contribution in [3.05, 3.63) is 22.7 Å². The molecular weight excluding hydrogens is 274 g/mol. The number of aromatic nitrogens is 2. The molecule has 6 heteroatoms. The molecule has 0 bridgehead atoms. The molecule has 1 aromatic heterocycles. The van der Waals surface area contributed by atoms with Crippen LogP contribution in [-0.2, 0) is 6.42 Å². The molecule has 1 aromatic rings. The first-order valence-corrected chi connectivity index (χ1v) is 5.66. The Morgan fingerprint density at radius 1 is 1.50 bits per heavy atom. The number of aryl methyl sites for hydroxylation is 1. The Bertz CT molecular complexity index is 365. The summed E-state index contributed by atoms with van der Waals surface area (Å²) in [5, 5.41) is 11.1. The highest BCUT2D eigenvalue weighted by Crippen LogP contribution is 2.12. The van der Waals surface area contributed by atoms with Crippen molar-refractivity contribution in [2.75, 3.05) is 0 Å². The highest BCUT2D eigenvalue weighted by Gasteiger charge is 2.20. The van der Waals surface area contributed by atoms with Crippen LogP contribution >= 0.6 is 15.9 Å². The lowest BCUT2D eigenvalue weighted by molar-refractivity contribution is 0.180. The van der Waals surface area contributed by atoms with E-state index in [0.29, 0.717) is 18.7 Å². The molecule has 0 saturated carbocycles. The van der Waals surface area contributed by atoms with Crippen LogP contribution in [0.5, 0.6) is 0 Å². The second-order valence-corrected chi connectivity index (χ2v) is 5.05. The highest BCUT2D eigenvalue weighted by molar-refractivity contribution is 9.10. The van der Waals surface area contributed by atoms with E-state index in [1.165, 1.54) is 0 Å². The summed E-state index contributed by atoms with van der Waals surface area (Å²) in [6, 6.07) is 0. The zero-order chi connectivity index (χ0) is 12.2. The lowest BCUT2D eigenvalue weighted by Crippen LogP contribution is -2.43. The SMILES string of the molecule is CC(C)(CCc1ncc(Br)cn1)NC(=O)O. The molecule has 0 aliphatic carbocycles. The average Bonchev–Trinajstić information content (AvgIpc) is 2.15. The topological polar surface area (TPSA) is 75.1 Å². The minimum Gasteiger partial charge on any atom is -0.465 e. The van der Waals surface area contributed by atoms with Crippen molar-refractivity contribution in [2.24, 2.45) is 0 Å². The predicted molar refractivity (Wildman–Crippen MR) is 63.3 cm³/mol. The lowest BCUT2D eigenvalue weighted by Gasteiger charge is -2.23. The molecular formula is C10H14BrN3O2. The van der Waals surface area contributed by atoms with Crippen molar-refractivity contribution in [1.29, 1.82) is 0 Å². The molecule has 0 saturated heterocycles. The van der Waals surface area contributed by atoms with Crippen LogP contribution < -0.4 is 5.32 Å². The zero-order valence-corrected chi connectivity index (χ0v) is 10.8. The monoisotopic (exact) mass is 287 g/mol. The fraction of sp³-hybridized carbons (Fsp3) is 0.500. The van der Waals surface area contributed by atoms with E-state index in [4.69, 9.17) is 5.11 Å². The van der Waals surface area contributed by atoms with E-state index in [1.807, 2.05) is 13.8 Å². The second kappa shape index (κ2) is 5.25. The van der Waals surface area contributed by atoms with Crippen LogP contribution in [0.3, 0.4) is 0 Å². The molecule has 0 fully saturated rings. The number of nitrogens with zero attached hydrogens (tertiary/aromatic N) is 2. The Morgan fingerprint density at radius 2 is 2.06 bits per heavy atom. The van der Waals surface area contributed by atoms with Gasteiger partial charge in [0.15, 0.2) is 0 Å². The first-order valence-electron chi connectivity index (χ1n) is 4.86. The van der Waals surface area contributed by atoms with Gasteiger partial charge < -0.3 is 10.4 Å². The number of halogens is 1. The quantitative estimate of drug-likeness (QED) is 0.890. The van der Waals surface area contributed by atoms with Crippen molar-refractivity contribution >= 4 is 22.0 Å². The van der Waals surface area contributed by atoms with E-state index in [9.17, 15) is 4.79 Å². The van der Waals surface area contributed by atoms with E-state index < -0.39 is 11.6 Å². The van der Waals surface area contributed by atoms with Gasteiger partial charge in [-0.3, -0.25) is 0 Å². The molecule has 0 unspecified atom stereocenters. The molecule has 1 heterocycles. The summed E-state index contributed by atoms with van der Waals surface area (Å²) in [5.41, 5.74) is -0.470. The fourth-order valence-corrected chi connectivity index (χ4v) is 1.45. The Kier molecular flexibility index (Phi) is 4.23. The molecule has 2 N–H and O–H groups in total. The van der Waals surface area contributed by atoms with E-state index in [1.54, 1.807) is 12.4 Å². The number of rotatable bonds is 4. The molecule has 16 heavy (non-hydrogen) atoms. The number of carboxylic acid groups (broad SMARTS) is 1. The summed E-state index contributed by atoms with van der Waals surface area (Å²) < 4.78 is 0.833. The Morgan fingerprint density at radius 3 is 2.56 bits per heavy atom. The standard InChI is InChI=1S/C10H14BrN3O2/c1-10(2,14-9(15)16)4-3-8-12-5-7(11)6-13-8/h5-6,14H,3-4H2,1-2H3,(H,15,16). The van der Waals surface area contributed by atoms with Crippen molar-refractivity contribution in [1.82, 2.24) is 15.3 Å². The third-order valence-corrected chi connectivity index (χ3v) is 2.50. The normalized spacial score (nSPS) is 11.2. The van der Waals surface area contributed by atoms with E-state index >= 15 is 0 Å². The first-order chi connectivity index (χ1) is 7.39. The maximum absolute atomic E-state index is 10.5. The zero-order valence-electron chi connectivity index (χ0n) is 9.20. The van der Waals surface area contributed by atoms with Crippen molar-refractivity contribution in [3.8, 4) is 0 Å². The van der Waals surface area contributed by atoms with Gasteiger partial charge in [0, 0.05) is 24.4 Å². The van der Waals surface area contributed by atoms with Crippen molar-refractivity contribution in [2.45, 2.75) is 32.2 Å². The van der Waals surface area contributed by atoms with Gasteiger partial charge in [0.25, 0.3) is 0 Å². The predicted octanol–water partition coefficient (Wildman–Crippen LogP) is 2.22. The van der Waals surface area contributed by atoms with E-state index in [2.05, 4.69) is 31.2 Å². The first kappa shape index (κ1) is 12.9. The van der Waals surface area contributed by atoms with Crippen LogP contribution in [0.25, 0.3) is 0 Å². The molecule has 0 radical (unpaired) electrons. The molecule has 5 nitrogen and oxygen atoms in total. The van der Waals surface area contributed by atoms with E-state index in [-0.39, 0.29) is 0 Å². The summed E-state index contributed by atoms with van der Waals surface area (Å²) in [6.07, 6.45) is 3.64. The molecule has 0 aliphatic heterocycles. The minimum atomic E-state index is -1.01. The lowest BCUT2D eigenvalue weighted by atomic mass is 9.98. The Hall–Kier alpha value is -1.17. The van der Waals surface area contributed by atoms with Gasteiger partial charge in [-0.15, -0.1) is 0 Å². The van der Waals surface area contributed by atoms with Gasteiger partial charge in [-0.2, -0.15) is 0 Å². The summed E-state index contributed by atoms with van der Waals surface area (Å²) in [7, 11) is 0. The molecule has 1 amide bonds. The average molecular weight is 288 g/mol. The summed E-state index contributed by atoms with van der Waals surface area (Å²) >= 11 is 3.25. The fourth-order valence-electron chi connectivity index (χ4n) is 1.24. The molecule has 0 spiro atoms. The van der Waals surface area contributed by atoms with Gasteiger partial charge in [-0.05, 0) is 36.2 Å². The van der Waals surface area contributed by atoms with Crippen LogP contribution in [0, 0.1) is 0 Å². The molecule has 88 valence electrons.